The molecule has 0 atom stereocenters. The fourth-order valence-corrected chi connectivity index (χ4v) is 4.96. The highest BCUT2D eigenvalue weighted by molar-refractivity contribution is 5.97. The summed E-state index contributed by atoms with van der Waals surface area (Å²) < 4.78 is 4.70. The largest absolute Gasteiger partial charge is 0.362 e. The molecule has 1 amide bonds. The van der Waals surface area contributed by atoms with Crippen molar-refractivity contribution in [3.8, 4) is 0 Å². The summed E-state index contributed by atoms with van der Waals surface area (Å²) in [5.74, 6) is 2.21. The first kappa shape index (κ1) is 21.6. The average molecular weight is 450 g/mol. The molecule has 5 rings (SSSR count). The van der Waals surface area contributed by atoms with E-state index in [0.29, 0.717) is 35.1 Å². The van der Waals surface area contributed by atoms with Crippen molar-refractivity contribution in [2.75, 3.05) is 30.9 Å². The van der Waals surface area contributed by atoms with Gasteiger partial charge in [0.1, 0.15) is 16.9 Å². The zero-order valence-corrected chi connectivity index (χ0v) is 19.3. The van der Waals surface area contributed by atoms with Crippen LogP contribution in [0.3, 0.4) is 0 Å². The zero-order valence-electron chi connectivity index (χ0n) is 19.3. The van der Waals surface area contributed by atoms with Crippen molar-refractivity contribution in [2.45, 2.75) is 57.4 Å². The molecule has 0 bridgehead atoms. The molecule has 0 saturated heterocycles. The number of anilines is 2. The number of aromatic nitrogens is 4. The number of aryl methyl sites for hydroxylation is 1. The summed E-state index contributed by atoms with van der Waals surface area (Å²) in [7, 11) is 4.11. The van der Waals surface area contributed by atoms with Crippen molar-refractivity contribution in [1.29, 1.82) is 0 Å². The summed E-state index contributed by atoms with van der Waals surface area (Å²) in [6.45, 7) is 0.681. The smallest absolute Gasteiger partial charge is 0.251 e. The van der Waals surface area contributed by atoms with Crippen LogP contribution in [0.4, 0.5) is 11.8 Å². The van der Waals surface area contributed by atoms with Gasteiger partial charge in [0.2, 0.25) is 5.95 Å². The molecule has 33 heavy (non-hydrogen) atoms. The predicted molar refractivity (Wildman–Crippen MR) is 127 cm³/mol. The summed E-state index contributed by atoms with van der Waals surface area (Å²) in [4.78, 5) is 24.3. The van der Waals surface area contributed by atoms with Crippen LogP contribution in [-0.4, -0.2) is 52.9 Å². The Balaban J connectivity index is 1.14. The van der Waals surface area contributed by atoms with E-state index in [1.54, 1.807) is 18.2 Å². The van der Waals surface area contributed by atoms with Gasteiger partial charge in [-0.25, -0.2) is 9.61 Å². The molecule has 2 N–H and O–H groups in total. The summed E-state index contributed by atoms with van der Waals surface area (Å²) in [5, 5.41) is 14.3. The molecular weight excluding hydrogens is 418 g/mol. The fraction of sp³-hybridized carbons (Fsp3) is 0.542. The van der Waals surface area contributed by atoms with Gasteiger partial charge >= 0.3 is 0 Å². The number of nitrogens with zero attached hydrogens (tertiary/aromatic N) is 5. The van der Waals surface area contributed by atoms with Gasteiger partial charge in [-0.15, -0.1) is 0 Å². The Kier molecular flexibility index (Phi) is 6.11. The van der Waals surface area contributed by atoms with Gasteiger partial charge in [-0.2, -0.15) is 4.98 Å². The standard InChI is InChI=1S/C24H31N7O2/c1-31(2)22-18-5-3-4-6-19(18)27-24(28-22)26-17-10-7-15(8-11-17)14-25-23(32)16-9-12-20-21(13-16)30-33-29-20/h9,12-13,15,17H,3-8,10-11,14H2,1-2H3,(H,25,32)(H,26,27,28)/t15-,17+. The van der Waals surface area contributed by atoms with E-state index in [1.807, 2.05) is 0 Å². The number of nitrogens with one attached hydrogen (secondary N) is 2. The number of carbonyl (C=O) groups excluding carboxylic acids is 1. The monoisotopic (exact) mass is 449 g/mol. The number of amides is 1. The molecule has 2 aliphatic rings. The number of carbonyl (C=O) groups is 1. The molecule has 0 spiro atoms. The van der Waals surface area contributed by atoms with Crippen LogP contribution in [0.2, 0.25) is 0 Å². The number of rotatable bonds is 6. The van der Waals surface area contributed by atoms with Gasteiger partial charge in [0.05, 0.1) is 5.69 Å². The van der Waals surface area contributed by atoms with Gasteiger partial charge in [0, 0.05) is 37.8 Å². The zero-order chi connectivity index (χ0) is 22.8. The second kappa shape index (κ2) is 9.33. The molecule has 2 aromatic heterocycles. The van der Waals surface area contributed by atoms with Gasteiger partial charge in [0.15, 0.2) is 0 Å². The van der Waals surface area contributed by atoms with Crippen molar-refractivity contribution >= 4 is 28.7 Å². The fourth-order valence-electron chi connectivity index (χ4n) is 4.96. The minimum atomic E-state index is -0.0844. The van der Waals surface area contributed by atoms with Crippen LogP contribution >= 0.6 is 0 Å². The molecule has 9 nitrogen and oxygen atoms in total. The van der Waals surface area contributed by atoms with Crippen molar-refractivity contribution in [3.05, 3.63) is 35.0 Å². The Bertz CT molecular complexity index is 1140. The third-order valence-corrected chi connectivity index (χ3v) is 6.83. The Morgan fingerprint density at radius 3 is 2.67 bits per heavy atom. The highest BCUT2D eigenvalue weighted by atomic mass is 16.6. The molecule has 3 aromatic rings. The number of hydrogen-bond acceptors (Lipinski definition) is 8. The van der Waals surface area contributed by atoms with Crippen molar-refractivity contribution < 1.29 is 9.42 Å². The molecule has 0 radical (unpaired) electrons. The first-order valence-corrected chi connectivity index (χ1v) is 11.9. The maximum absolute atomic E-state index is 12.5. The highest BCUT2D eigenvalue weighted by Crippen LogP contribution is 2.30. The van der Waals surface area contributed by atoms with E-state index in [9.17, 15) is 4.79 Å². The molecule has 1 fully saturated rings. The van der Waals surface area contributed by atoms with Crippen LogP contribution in [0.25, 0.3) is 11.0 Å². The molecule has 0 aliphatic heterocycles. The summed E-state index contributed by atoms with van der Waals surface area (Å²) in [6, 6.07) is 5.59. The Morgan fingerprint density at radius 2 is 1.85 bits per heavy atom. The van der Waals surface area contributed by atoms with Gasteiger partial charge in [-0.1, -0.05) is 0 Å². The average Bonchev–Trinajstić information content (AvgIpc) is 3.31. The Hall–Kier alpha value is -3.23. The maximum Gasteiger partial charge on any atom is 0.251 e. The van der Waals surface area contributed by atoms with E-state index in [4.69, 9.17) is 14.6 Å². The molecule has 1 saturated carbocycles. The Labute approximate surface area is 193 Å². The second-order valence-electron chi connectivity index (χ2n) is 9.44. The molecule has 2 aliphatic carbocycles. The van der Waals surface area contributed by atoms with E-state index in [0.717, 1.165) is 50.3 Å². The molecular formula is C24H31N7O2. The lowest BCUT2D eigenvalue weighted by molar-refractivity contribution is 0.0943. The third-order valence-electron chi connectivity index (χ3n) is 6.83. The van der Waals surface area contributed by atoms with Gasteiger partial charge in [-0.05, 0) is 85.8 Å². The van der Waals surface area contributed by atoms with Gasteiger partial charge in [-0.3, -0.25) is 4.79 Å². The van der Waals surface area contributed by atoms with Crippen molar-refractivity contribution in [1.82, 2.24) is 25.6 Å². The molecule has 2 heterocycles. The van der Waals surface area contributed by atoms with E-state index in [2.05, 4.69) is 39.9 Å². The lowest BCUT2D eigenvalue weighted by atomic mass is 9.86. The quantitative estimate of drug-likeness (QED) is 0.590. The lowest BCUT2D eigenvalue weighted by Gasteiger charge is -2.30. The summed E-state index contributed by atoms with van der Waals surface area (Å²) in [6.07, 6.45) is 8.77. The molecule has 9 heteroatoms. The molecule has 1 aromatic carbocycles. The first-order valence-electron chi connectivity index (χ1n) is 11.9. The summed E-state index contributed by atoms with van der Waals surface area (Å²) in [5.41, 5.74) is 4.34. The number of hydrogen-bond donors (Lipinski definition) is 2. The Morgan fingerprint density at radius 1 is 1.06 bits per heavy atom. The second-order valence-corrected chi connectivity index (χ2v) is 9.44. The van der Waals surface area contributed by atoms with Crippen LogP contribution in [-0.2, 0) is 12.8 Å². The van der Waals surface area contributed by atoms with E-state index in [1.165, 1.54) is 24.1 Å². The van der Waals surface area contributed by atoms with Crippen LogP contribution in [0.1, 0.15) is 60.1 Å². The van der Waals surface area contributed by atoms with Crippen molar-refractivity contribution in [2.24, 2.45) is 5.92 Å². The number of benzene rings is 1. The maximum atomic E-state index is 12.5. The van der Waals surface area contributed by atoms with E-state index < -0.39 is 0 Å². The van der Waals surface area contributed by atoms with Crippen molar-refractivity contribution in [3.63, 3.8) is 0 Å². The lowest BCUT2D eigenvalue weighted by Crippen LogP contribution is -2.34. The van der Waals surface area contributed by atoms with E-state index in [-0.39, 0.29) is 5.91 Å². The highest BCUT2D eigenvalue weighted by Gasteiger charge is 2.24. The minimum absolute atomic E-state index is 0.0844. The van der Waals surface area contributed by atoms with Crippen LogP contribution in [0, 0.1) is 5.92 Å². The topological polar surface area (TPSA) is 109 Å². The number of fused-ring (bicyclic) bond motifs is 2. The summed E-state index contributed by atoms with van der Waals surface area (Å²) >= 11 is 0. The minimum Gasteiger partial charge on any atom is -0.362 e. The van der Waals surface area contributed by atoms with Gasteiger partial charge in [0.25, 0.3) is 5.91 Å². The third kappa shape index (κ3) is 4.77. The first-order chi connectivity index (χ1) is 16.1. The van der Waals surface area contributed by atoms with Gasteiger partial charge < -0.3 is 15.5 Å². The SMILES string of the molecule is CN(C)c1nc(N[C@H]2CC[C@@H](CNC(=O)c3ccc4nonc4c3)CC2)nc2c1CCCC2. The molecule has 0 unspecified atom stereocenters. The van der Waals surface area contributed by atoms with E-state index >= 15 is 0 Å². The molecule has 174 valence electrons. The van der Waals surface area contributed by atoms with Crippen LogP contribution in [0.5, 0.6) is 0 Å². The predicted octanol–water partition coefficient (Wildman–Crippen LogP) is 3.36. The van der Waals surface area contributed by atoms with Crippen LogP contribution < -0.4 is 15.5 Å². The normalized spacial score (nSPS) is 20.3. The van der Waals surface area contributed by atoms with Crippen LogP contribution in [0.15, 0.2) is 22.8 Å².